The first-order valence-corrected chi connectivity index (χ1v) is 6.80. The third-order valence-corrected chi connectivity index (χ3v) is 3.96. The van der Waals surface area contributed by atoms with Gasteiger partial charge in [-0.25, -0.2) is 4.79 Å². The first kappa shape index (κ1) is 12.2. The van der Waals surface area contributed by atoms with Crippen molar-refractivity contribution in [1.29, 1.82) is 0 Å². The van der Waals surface area contributed by atoms with Crippen LogP contribution >= 0.6 is 0 Å². The minimum absolute atomic E-state index is 0.0744. The monoisotopic (exact) mass is 259 g/mol. The van der Waals surface area contributed by atoms with Gasteiger partial charge in [0.15, 0.2) is 0 Å². The van der Waals surface area contributed by atoms with Crippen LogP contribution in [-0.2, 0) is 0 Å². The Kier molecular flexibility index (Phi) is 3.01. The zero-order valence-corrected chi connectivity index (χ0v) is 10.6. The Morgan fingerprint density at radius 2 is 1.58 bits per heavy atom. The molecule has 0 spiro atoms. The average molecular weight is 259 g/mol. The van der Waals surface area contributed by atoms with Gasteiger partial charge in [-0.1, -0.05) is 12.1 Å². The molecule has 0 heterocycles. The highest BCUT2D eigenvalue weighted by molar-refractivity contribution is 6.04. The van der Waals surface area contributed by atoms with Crippen molar-refractivity contribution in [2.24, 2.45) is 11.8 Å². The van der Waals surface area contributed by atoms with E-state index in [0.29, 0.717) is 11.8 Å². The number of hydrogen-bond acceptors (Lipinski definition) is 2. The highest BCUT2D eigenvalue weighted by Gasteiger charge is 2.42. The van der Waals surface area contributed by atoms with E-state index in [1.54, 1.807) is 18.2 Å². The van der Waals surface area contributed by atoms with Crippen LogP contribution in [0.25, 0.3) is 0 Å². The zero-order chi connectivity index (χ0) is 13.4. The van der Waals surface area contributed by atoms with E-state index < -0.39 is 5.97 Å². The van der Waals surface area contributed by atoms with Gasteiger partial charge in [-0.2, -0.15) is 0 Å². The van der Waals surface area contributed by atoms with Crippen molar-refractivity contribution in [2.75, 3.05) is 0 Å². The summed E-state index contributed by atoms with van der Waals surface area (Å²) in [5, 5.41) is 12.2. The maximum Gasteiger partial charge on any atom is 0.336 e. The molecule has 0 bridgehead atoms. The molecule has 2 saturated carbocycles. The summed E-state index contributed by atoms with van der Waals surface area (Å²) >= 11 is 0. The summed E-state index contributed by atoms with van der Waals surface area (Å²) < 4.78 is 0. The van der Waals surface area contributed by atoms with Crippen molar-refractivity contribution in [3.63, 3.8) is 0 Å². The summed E-state index contributed by atoms with van der Waals surface area (Å²) in [5.41, 5.74) is 0.339. The average Bonchev–Trinajstić information content (AvgIpc) is 3.29. The number of hydrogen-bond donors (Lipinski definition) is 2. The summed E-state index contributed by atoms with van der Waals surface area (Å²) in [6.45, 7) is 0. The Labute approximate surface area is 111 Å². The zero-order valence-electron chi connectivity index (χ0n) is 10.6. The number of aromatic carboxylic acids is 1. The molecule has 1 aromatic carbocycles. The Bertz CT molecular complexity index is 506. The largest absolute Gasteiger partial charge is 0.478 e. The number of carboxylic acid groups (broad SMARTS) is 1. The van der Waals surface area contributed by atoms with Gasteiger partial charge in [0.1, 0.15) is 0 Å². The fourth-order valence-electron chi connectivity index (χ4n) is 2.63. The summed E-state index contributed by atoms with van der Waals surface area (Å²) in [5.74, 6) is -0.0937. The van der Waals surface area contributed by atoms with E-state index in [9.17, 15) is 9.59 Å². The quantitative estimate of drug-likeness (QED) is 0.852. The minimum atomic E-state index is -1.06. The number of rotatable bonds is 5. The first-order chi connectivity index (χ1) is 9.16. The molecule has 0 saturated heterocycles. The standard InChI is InChI=1S/C15H17NO3/c17-14(11-3-1-2-4-12(11)15(18)19)16-13(9-5-6-9)10-7-8-10/h1-4,9-10,13H,5-8H2,(H,16,17)(H,18,19). The van der Waals surface area contributed by atoms with Crippen LogP contribution < -0.4 is 5.32 Å². The van der Waals surface area contributed by atoms with Crippen LogP contribution in [0.4, 0.5) is 0 Å². The third-order valence-electron chi connectivity index (χ3n) is 3.96. The lowest BCUT2D eigenvalue weighted by molar-refractivity contribution is 0.0690. The maximum absolute atomic E-state index is 12.3. The van der Waals surface area contributed by atoms with Crippen LogP contribution in [-0.4, -0.2) is 23.0 Å². The molecule has 2 aliphatic rings. The Balaban J connectivity index is 1.77. The summed E-state index contributed by atoms with van der Waals surface area (Å²) in [4.78, 5) is 23.4. The molecule has 0 radical (unpaired) electrons. The molecule has 0 aromatic heterocycles. The van der Waals surface area contributed by atoms with Crippen LogP contribution in [0.5, 0.6) is 0 Å². The fraction of sp³-hybridized carbons (Fsp3) is 0.467. The molecule has 4 heteroatoms. The van der Waals surface area contributed by atoms with Crippen molar-refractivity contribution < 1.29 is 14.7 Å². The maximum atomic E-state index is 12.3. The lowest BCUT2D eigenvalue weighted by Gasteiger charge is -2.18. The van der Waals surface area contributed by atoms with Gasteiger partial charge in [-0.15, -0.1) is 0 Å². The van der Waals surface area contributed by atoms with E-state index in [4.69, 9.17) is 5.11 Å². The van der Waals surface area contributed by atoms with Gasteiger partial charge in [0, 0.05) is 6.04 Å². The normalized spacial score (nSPS) is 18.4. The number of carbonyl (C=O) groups excluding carboxylic acids is 1. The van der Waals surface area contributed by atoms with Crippen molar-refractivity contribution >= 4 is 11.9 Å². The first-order valence-electron chi connectivity index (χ1n) is 6.80. The molecule has 100 valence electrons. The van der Waals surface area contributed by atoms with Gasteiger partial charge in [0.25, 0.3) is 5.91 Å². The van der Waals surface area contributed by atoms with Crippen molar-refractivity contribution in [2.45, 2.75) is 31.7 Å². The minimum Gasteiger partial charge on any atom is -0.478 e. The van der Waals surface area contributed by atoms with Crippen molar-refractivity contribution in [3.8, 4) is 0 Å². The van der Waals surface area contributed by atoms with Gasteiger partial charge >= 0.3 is 5.97 Å². The SMILES string of the molecule is O=C(O)c1ccccc1C(=O)NC(C1CC1)C1CC1. The topological polar surface area (TPSA) is 66.4 Å². The number of amides is 1. The number of carbonyl (C=O) groups is 2. The van der Waals surface area contributed by atoms with E-state index in [-0.39, 0.29) is 23.1 Å². The molecule has 2 N–H and O–H groups in total. The Hall–Kier alpha value is -1.84. The van der Waals surface area contributed by atoms with E-state index in [1.165, 1.54) is 31.7 Å². The number of nitrogens with one attached hydrogen (secondary N) is 1. The van der Waals surface area contributed by atoms with Crippen molar-refractivity contribution in [1.82, 2.24) is 5.32 Å². The van der Waals surface area contributed by atoms with Gasteiger partial charge in [-0.3, -0.25) is 4.79 Å². The smallest absolute Gasteiger partial charge is 0.336 e. The van der Waals surface area contributed by atoms with E-state index in [2.05, 4.69) is 5.32 Å². The molecule has 3 rings (SSSR count). The van der Waals surface area contributed by atoms with Gasteiger partial charge < -0.3 is 10.4 Å². The predicted molar refractivity (Wildman–Crippen MR) is 70.1 cm³/mol. The molecule has 2 fully saturated rings. The summed E-state index contributed by atoms with van der Waals surface area (Å²) in [6.07, 6.45) is 4.73. The molecule has 19 heavy (non-hydrogen) atoms. The third kappa shape index (κ3) is 2.62. The molecule has 1 amide bonds. The number of benzene rings is 1. The number of carboxylic acids is 1. The van der Waals surface area contributed by atoms with Gasteiger partial charge in [0.2, 0.25) is 0 Å². The summed E-state index contributed by atoms with van der Waals surface area (Å²) in [7, 11) is 0. The highest BCUT2D eigenvalue weighted by Crippen LogP contribution is 2.44. The molecular formula is C15H17NO3. The predicted octanol–water partition coefficient (Wildman–Crippen LogP) is 2.30. The van der Waals surface area contributed by atoms with Crippen molar-refractivity contribution in [3.05, 3.63) is 35.4 Å². The lowest BCUT2D eigenvalue weighted by atomic mass is 10.0. The molecule has 1 aromatic rings. The van der Waals surface area contributed by atoms with Crippen LogP contribution in [0.1, 0.15) is 46.4 Å². The van der Waals surface area contributed by atoms with Crippen LogP contribution in [0.2, 0.25) is 0 Å². The van der Waals surface area contributed by atoms with E-state index in [1.807, 2.05) is 0 Å². The van der Waals surface area contributed by atoms with Crippen LogP contribution in [0.3, 0.4) is 0 Å². The lowest BCUT2D eigenvalue weighted by Crippen LogP contribution is -2.38. The fourth-order valence-corrected chi connectivity index (χ4v) is 2.63. The molecule has 0 aliphatic heterocycles. The second-order valence-electron chi connectivity index (χ2n) is 5.52. The molecule has 0 atom stereocenters. The van der Waals surface area contributed by atoms with Crippen LogP contribution in [0.15, 0.2) is 24.3 Å². The highest BCUT2D eigenvalue weighted by atomic mass is 16.4. The Morgan fingerprint density at radius 1 is 1.05 bits per heavy atom. The van der Waals surface area contributed by atoms with E-state index >= 15 is 0 Å². The molecule has 4 nitrogen and oxygen atoms in total. The van der Waals surface area contributed by atoms with Gasteiger partial charge in [-0.05, 0) is 49.7 Å². The van der Waals surface area contributed by atoms with Crippen LogP contribution in [0, 0.1) is 11.8 Å². The Morgan fingerprint density at radius 3 is 2.05 bits per heavy atom. The summed E-state index contributed by atoms with van der Waals surface area (Å²) in [6, 6.07) is 6.63. The second-order valence-corrected chi connectivity index (χ2v) is 5.52. The molecular weight excluding hydrogens is 242 g/mol. The second kappa shape index (κ2) is 4.68. The van der Waals surface area contributed by atoms with E-state index in [0.717, 1.165) is 0 Å². The molecule has 2 aliphatic carbocycles. The van der Waals surface area contributed by atoms with Gasteiger partial charge in [0.05, 0.1) is 11.1 Å². The molecule has 0 unspecified atom stereocenters.